The Morgan fingerprint density at radius 3 is 1.98 bits per heavy atom. The Bertz CT molecular complexity index is 2400. The summed E-state index contributed by atoms with van der Waals surface area (Å²) >= 11 is 0. The first-order valence-electron chi connectivity index (χ1n) is 17.2. The predicted octanol–water partition coefficient (Wildman–Crippen LogP) is 10.7. The Morgan fingerprint density at radius 2 is 1.24 bits per heavy atom. The van der Waals surface area contributed by atoms with E-state index in [-0.39, 0.29) is 0 Å². The number of aryl methyl sites for hydroxylation is 1. The van der Waals surface area contributed by atoms with Gasteiger partial charge in [-0.15, -0.1) is 0 Å². The van der Waals surface area contributed by atoms with Gasteiger partial charge in [0.15, 0.2) is 17.5 Å². The second kappa shape index (κ2) is 12.3. The van der Waals surface area contributed by atoms with Crippen molar-refractivity contribution in [2.75, 3.05) is 0 Å². The number of hydrogen-bond acceptors (Lipinski definition) is 4. The Labute approximate surface area is 292 Å². The summed E-state index contributed by atoms with van der Waals surface area (Å²) in [5.41, 5.74) is 13.3. The van der Waals surface area contributed by atoms with Gasteiger partial charge in [-0.1, -0.05) is 133 Å². The van der Waals surface area contributed by atoms with E-state index in [1.54, 1.807) is 6.20 Å². The zero-order chi connectivity index (χ0) is 33.5. The van der Waals surface area contributed by atoms with Crippen molar-refractivity contribution in [2.24, 2.45) is 0 Å². The van der Waals surface area contributed by atoms with E-state index in [1.165, 1.54) is 33.4 Å². The van der Waals surface area contributed by atoms with Crippen LogP contribution in [0.3, 0.4) is 0 Å². The number of fused-ring (bicyclic) bond motifs is 3. The molecule has 0 N–H and O–H groups in total. The molecule has 0 radical (unpaired) electrons. The van der Waals surface area contributed by atoms with E-state index >= 15 is 0 Å². The molecule has 0 saturated heterocycles. The van der Waals surface area contributed by atoms with Crippen LogP contribution >= 0.6 is 0 Å². The number of pyridine rings is 1. The molecule has 7 aromatic rings. The average Bonchev–Trinajstić information content (AvgIpc) is 3.50. The number of benzene rings is 5. The quantitative estimate of drug-likeness (QED) is 0.181. The molecule has 2 aliphatic rings. The van der Waals surface area contributed by atoms with Gasteiger partial charge in [-0.2, -0.15) is 0 Å². The molecule has 2 aliphatic carbocycles. The molecule has 5 aromatic carbocycles. The van der Waals surface area contributed by atoms with E-state index in [0.717, 1.165) is 52.1 Å². The molecule has 50 heavy (non-hydrogen) atoms. The van der Waals surface area contributed by atoms with Crippen LogP contribution in [0.15, 0.2) is 164 Å². The summed E-state index contributed by atoms with van der Waals surface area (Å²) in [6, 6.07) is 47.9. The minimum Gasteiger partial charge on any atom is -0.264 e. The molecule has 0 aliphatic heterocycles. The van der Waals surface area contributed by atoms with Gasteiger partial charge in [0.2, 0.25) is 0 Å². The highest BCUT2D eigenvalue weighted by molar-refractivity contribution is 5.86. The molecule has 0 unspecified atom stereocenters. The predicted molar refractivity (Wildman–Crippen MR) is 202 cm³/mol. The maximum Gasteiger partial charge on any atom is 0.164 e. The lowest BCUT2D eigenvalue weighted by Gasteiger charge is -2.34. The lowest BCUT2D eigenvalue weighted by molar-refractivity contribution is 0.768. The number of nitrogens with zero attached hydrogens (tertiary/aromatic N) is 4. The SMILES string of the molecule is Cc1ccc(-c2cccnc2)cc1-c1nc(C2=CC=CCC2)nc(-c2cccc(C3(c4ccccc4)c4ccccc4-c4ccccc43)c2)n1. The van der Waals surface area contributed by atoms with Crippen molar-refractivity contribution >= 4 is 5.57 Å². The summed E-state index contributed by atoms with van der Waals surface area (Å²) in [4.78, 5) is 19.9. The fraction of sp³-hybridized carbons (Fsp3) is 0.0870. The zero-order valence-corrected chi connectivity index (χ0v) is 27.8. The first kappa shape index (κ1) is 29.8. The van der Waals surface area contributed by atoms with Gasteiger partial charge in [-0.05, 0) is 88.0 Å². The summed E-state index contributed by atoms with van der Waals surface area (Å²) in [6.45, 7) is 2.12. The Morgan fingerprint density at radius 1 is 0.540 bits per heavy atom. The van der Waals surface area contributed by atoms with Gasteiger partial charge in [0, 0.05) is 29.1 Å². The summed E-state index contributed by atoms with van der Waals surface area (Å²) in [7, 11) is 0. The van der Waals surface area contributed by atoms with Crippen molar-refractivity contribution in [3.8, 4) is 45.0 Å². The summed E-state index contributed by atoms with van der Waals surface area (Å²) in [5.74, 6) is 2.06. The second-order valence-electron chi connectivity index (χ2n) is 13.0. The smallest absolute Gasteiger partial charge is 0.164 e. The number of rotatable bonds is 6. The van der Waals surface area contributed by atoms with Crippen LogP contribution in [-0.4, -0.2) is 19.9 Å². The van der Waals surface area contributed by atoms with E-state index in [2.05, 4.69) is 158 Å². The molecule has 0 atom stereocenters. The second-order valence-corrected chi connectivity index (χ2v) is 13.0. The highest BCUT2D eigenvalue weighted by Crippen LogP contribution is 2.56. The highest BCUT2D eigenvalue weighted by Gasteiger charge is 2.45. The zero-order valence-electron chi connectivity index (χ0n) is 27.8. The van der Waals surface area contributed by atoms with Crippen LogP contribution in [0, 0.1) is 6.92 Å². The third-order valence-corrected chi connectivity index (χ3v) is 10.1. The van der Waals surface area contributed by atoms with Crippen LogP contribution in [0.2, 0.25) is 0 Å². The molecule has 0 amide bonds. The van der Waals surface area contributed by atoms with Gasteiger partial charge < -0.3 is 0 Å². The van der Waals surface area contributed by atoms with Gasteiger partial charge in [-0.25, -0.2) is 15.0 Å². The third-order valence-electron chi connectivity index (χ3n) is 10.1. The van der Waals surface area contributed by atoms with Crippen LogP contribution in [0.5, 0.6) is 0 Å². The average molecular weight is 643 g/mol. The van der Waals surface area contributed by atoms with Gasteiger partial charge in [0.05, 0.1) is 5.41 Å². The Balaban J connectivity index is 1.26. The first-order valence-corrected chi connectivity index (χ1v) is 17.2. The van der Waals surface area contributed by atoms with Gasteiger partial charge >= 0.3 is 0 Å². The van der Waals surface area contributed by atoms with Crippen molar-refractivity contribution in [2.45, 2.75) is 25.2 Å². The molecule has 238 valence electrons. The molecule has 0 fully saturated rings. The number of aromatic nitrogens is 4. The van der Waals surface area contributed by atoms with Gasteiger partial charge in [0.1, 0.15) is 0 Å². The maximum absolute atomic E-state index is 5.23. The molecule has 2 aromatic heterocycles. The maximum atomic E-state index is 5.23. The normalized spacial score (nSPS) is 14.1. The summed E-state index contributed by atoms with van der Waals surface area (Å²) in [6.07, 6.45) is 12.0. The Hall–Kier alpha value is -6.26. The summed E-state index contributed by atoms with van der Waals surface area (Å²) in [5, 5.41) is 0. The summed E-state index contributed by atoms with van der Waals surface area (Å²) < 4.78 is 0. The van der Waals surface area contributed by atoms with Crippen LogP contribution in [0.25, 0.3) is 50.6 Å². The fourth-order valence-corrected chi connectivity index (χ4v) is 7.74. The van der Waals surface area contributed by atoms with E-state index in [4.69, 9.17) is 15.0 Å². The molecule has 4 nitrogen and oxygen atoms in total. The molecular weight excluding hydrogens is 609 g/mol. The van der Waals surface area contributed by atoms with Crippen molar-refractivity contribution in [3.63, 3.8) is 0 Å². The van der Waals surface area contributed by atoms with Crippen LogP contribution in [0.4, 0.5) is 0 Å². The van der Waals surface area contributed by atoms with E-state index in [9.17, 15) is 0 Å². The van der Waals surface area contributed by atoms with Crippen LogP contribution < -0.4 is 0 Å². The monoisotopic (exact) mass is 642 g/mol. The highest BCUT2D eigenvalue weighted by atomic mass is 15.0. The molecule has 0 bridgehead atoms. The van der Waals surface area contributed by atoms with E-state index in [1.807, 2.05) is 12.3 Å². The fourth-order valence-electron chi connectivity index (χ4n) is 7.74. The van der Waals surface area contributed by atoms with E-state index < -0.39 is 5.41 Å². The lowest BCUT2D eigenvalue weighted by Crippen LogP contribution is -2.28. The molecule has 2 heterocycles. The lowest BCUT2D eigenvalue weighted by atomic mass is 9.67. The standard InChI is InChI=1S/C46H34N4/c1-31-25-26-33(35-17-13-27-47-30-35)29-40(31)45-49-43(32-14-4-2-5-15-32)48-44(50-45)34-16-12-20-37(28-34)46(36-18-6-3-7-19-36)41-23-10-8-21-38(41)39-22-9-11-24-42(39)46/h2-4,6-14,16-30H,5,15H2,1H3. The van der Waals surface area contributed by atoms with Crippen molar-refractivity contribution in [1.82, 2.24) is 19.9 Å². The van der Waals surface area contributed by atoms with Crippen molar-refractivity contribution in [1.29, 1.82) is 0 Å². The van der Waals surface area contributed by atoms with E-state index in [0.29, 0.717) is 11.6 Å². The topological polar surface area (TPSA) is 51.6 Å². The minimum absolute atomic E-state index is 0.505. The minimum atomic E-state index is -0.505. The largest absolute Gasteiger partial charge is 0.264 e. The molecule has 0 saturated carbocycles. The van der Waals surface area contributed by atoms with Crippen molar-refractivity contribution in [3.05, 3.63) is 198 Å². The number of allylic oxidation sites excluding steroid dienone is 4. The Kier molecular flexibility index (Phi) is 7.35. The molecule has 0 spiro atoms. The van der Waals surface area contributed by atoms with Gasteiger partial charge in [-0.3, -0.25) is 4.98 Å². The van der Waals surface area contributed by atoms with Crippen molar-refractivity contribution < 1.29 is 0 Å². The third kappa shape index (κ3) is 4.91. The van der Waals surface area contributed by atoms with Crippen LogP contribution in [-0.2, 0) is 5.41 Å². The number of hydrogen-bond donors (Lipinski definition) is 0. The van der Waals surface area contributed by atoms with Gasteiger partial charge in [0.25, 0.3) is 0 Å². The molecule has 9 rings (SSSR count). The first-order chi connectivity index (χ1) is 24.7. The molecular formula is C46H34N4. The molecule has 4 heteroatoms. The van der Waals surface area contributed by atoms with Crippen LogP contribution in [0.1, 0.15) is 46.5 Å².